The summed E-state index contributed by atoms with van der Waals surface area (Å²) in [6.45, 7) is 2.26. The number of rotatable bonds is 6. The topological polar surface area (TPSA) is 89.3 Å². The summed E-state index contributed by atoms with van der Waals surface area (Å²) in [5.74, 6) is -0.387. The van der Waals surface area contributed by atoms with Crippen LogP contribution in [0.3, 0.4) is 0 Å². The van der Waals surface area contributed by atoms with E-state index in [9.17, 15) is 13.2 Å². The molecule has 2 saturated carbocycles. The average Bonchev–Trinajstić information content (AvgIpc) is 3.03. The predicted octanol–water partition coefficient (Wildman–Crippen LogP) is 1.01. The lowest BCUT2D eigenvalue weighted by Crippen LogP contribution is -2.54. The van der Waals surface area contributed by atoms with Crippen LogP contribution in [0.2, 0.25) is 0 Å². The first-order valence-corrected chi connectivity index (χ1v) is 8.81. The fraction of sp³-hybridized carbons (Fsp3) is 0.923. The highest BCUT2D eigenvalue weighted by molar-refractivity contribution is 7.92. The molecule has 20 heavy (non-hydrogen) atoms. The van der Waals surface area contributed by atoms with Crippen molar-refractivity contribution in [2.24, 2.45) is 11.7 Å². The van der Waals surface area contributed by atoms with Crippen LogP contribution >= 0.6 is 12.4 Å². The first kappa shape index (κ1) is 17.7. The molecule has 0 saturated heterocycles. The van der Waals surface area contributed by atoms with Gasteiger partial charge in [0.05, 0.1) is 10.8 Å². The van der Waals surface area contributed by atoms with Crippen molar-refractivity contribution >= 4 is 28.2 Å². The van der Waals surface area contributed by atoms with E-state index in [2.05, 4.69) is 5.32 Å². The summed E-state index contributed by atoms with van der Waals surface area (Å²) in [6.07, 6.45) is 5.42. The molecule has 0 spiro atoms. The van der Waals surface area contributed by atoms with Gasteiger partial charge in [0.25, 0.3) is 0 Å². The number of hydrogen-bond donors (Lipinski definition) is 2. The molecule has 0 heterocycles. The monoisotopic (exact) mass is 324 g/mol. The van der Waals surface area contributed by atoms with Gasteiger partial charge in [0.2, 0.25) is 5.91 Å². The molecule has 0 radical (unpaired) electrons. The van der Waals surface area contributed by atoms with Crippen LogP contribution in [0.5, 0.6) is 0 Å². The van der Waals surface area contributed by atoms with E-state index in [1.807, 2.05) is 6.92 Å². The predicted molar refractivity (Wildman–Crippen MR) is 81.6 cm³/mol. The number of carbonyl (C=O) groups excluding carboxylic acids is 1. The molecule has 0 bridgehead atoms. The van der Waals surface area contributed by atoms with E-state index in [1.165, 1.54) is 0 Å². The zero-order valence-electron chi connectivity index (χ0n) is 11.9. The van der Waals surface area contributed by atoms with Crippen LogP contribution in [-0.4, -0.2) is 37.4 Å². The van der Waals surface area contributed by atoms with Gasteiger partial charge in [-0.3, -0.25) is 4.79 Å². The number of carbonyl (C=O) groups is 1. The van der Waals surface area contributed by atoms with E-state index in [-0.39, 0.29) is 23.4 Å². The summed E-state index contributed by atoms with van der Waals surface area (Å²) in [7, 11) is -3.30. The number of nitrogens with two attached hydrogens (primary N) is 1. The third kappa shape index (κ3) is 4.09. The second-order valence-corrected chi connectivity index (χ2v) is 8.44. The number of halogens is 1. The van der Waals surface area contributed by atoms with Gasteiger partial charge in [0.1, 0.15) is 5.75 Å². The maximum Gasteiger partial charge on any atom is 0.235 e. The Morgan fingerprint density at radius 2 is 1.80 bits per heavy atom. The summed E-state index contributed by atoms with van der Waals surface area (Å²) in [6, 6.07) is 0. The van der Waals surface area contributed by atoms with Crippen LogP contribution < -0.4 is 11.1 Å². The highest BCUT2D eigenvalue weighted by Gasteiger charge is 2.42. The van der Waals surface area contributed by atoms with Gasteiger partial charge in [-0.1, -0.05) is 12.8 Å². The molecule has 0 aromatic rings. The fourth-order valence-electron chi connectivity index (χ4n) is 2.94. The molecule has 0 aliphatic heterocycles. The van der Waals surface area contributed by atoms with Crippen molar-refractivity contribution in [1.29, 1.82) is 0 Å². The lowest BCUT2D eigenvalue weighted by atomic mass is 9.96. The van der Waals surface area contributed by atoms with Gasteiger partial charge in [0, 0.05) is 6.54 Å². The zero-order chi connectivity index (χ0) is 14.1. The van der Waals surface area contributed by atoms with Crippen molar-refractivity contribution in [1.82, 2.24) is 5.32 Å². The summed E-state index contributed by atoms with van der Waals surface area (Å²) >= 11 is 0. The SMILES string of the molecule is CC(CN)(NC(=O)CS(=O)(=O)C1CCCC1)C1CC1.Cl. The van der Waals surface area contributed by atoms with E-state index >= 15 is 0 Å². The van der Waals surface area contributed by atoms with Crippen LogP contribution in [0.1, 0.15) is 45.4 Å². The van der Waals surface area contributed by atoms with Gasteiger partial charge in [-0.05, 0) is 38.5 Å². The second kappa shape index (κ2) is 6.62. The molecular formula is C13H25ClN2O3S. The molecule has 2 rings (SSSR count). The Bertz CT molecular complexity index is 445. The van der Waals surface area contributed by atoms with E-state index in [0.717, 1.165) is 25.7 Å². The Kier molecular flexibility index (Phi) is 5.87. The Labute approximate surface area is 127 Å². The van der Waals surface area contributed by atoms with E-state index < -0.39 is 21.3 Å². The Hall–Kier alpha value is -0.330. The second-order valence-electron chi connectivity index (χ2n) is 6.16. The third-order valence-electron chi connectivity index (χ3n) is 4.47. The van der Waals surface area contributed by atoms with Crippen LogP contribution in [-0.2, 0) is 14.6 Å². The fourth-order valence-corrected chi connectivity index (χ4v) is 4.67. The summed E-state index contributed by atoms with van der Waals surface area (Å²) in [5.41, 5.74) is 5.28. The lowest BCUT2D eigenvalue weighted by Gasteiger charge is -2.29. The molecule has 2 fully saturated rings. The maximum atomic E-state index is 12.1. The first-order valence-electron chi connectivity index (χ1n) is 7.10. The molecule has 5 nitrogen and oxygen atoms in total. The molecule has 1 amide bonds. The molecule has 118 valence electrons. The minimum absolute atomic E-state index is 0. The molecule has 0 aromatic heterocycles. The van der Waals surface area contributed by atoms with Gasteiger partial charge >= 0.3 is 0 Å². The Morgan fingerprint density at radius 1 is 1.25 bits per heavy atom. The smallest absolute Gasteiger partial charge is 0.235 e. The van der Waals surface area contributed by atoms with E-state index in [1.54, 1.807) is 0 Å². The summed E-state index contributed by atoms with van der Waals surface area (Å²) in [4.78, 5) is 12.0. The zero-order valence-corrected chi connectivity index (χ0v) is 13.6. The molecule has 2 aliphatic carbocycles. The van der Waals surface area contributed by atoms with Crippen LogP contribution in [0.15, 0.2) is 0 Å². The molecule has 2 aliphatic rings. The summed E-state index contributed by atoms with van der Waals surface area (Å²) in [5, 5.41) is 2.53. The van der Waals surface area contributed by atoms with Crippen molar-refractivity contribution < 1.29 is 13.2 Å². The van der Waals surface area contributed by atoms with Crippen LogP contribution in [0.4, 0.5) is 0 Å². The number of sulfone groups is 1. The Morgan fingerprint density at radius 3 is 2.25 bits per heavy atom. The molecule has 7 heteroatoms. The molecule has 1 unspecified atom stereocenters. The Balaban J connectivity index is 0.00000200. The quantitative estimate of drug-likeness (QED) is 0.763. The van der Waals surface area contributed by atoms with Crippen molar-refractivity contribution in [2.45, 2.75) is 56.2 Å². The van der Waals surface area contributed by atoms with Crippen LogP contribution in [0.25, 0.3) is 0 Å². The summed E-state index contributed by atoms with van der Waals surface area (Å²) < 4.78 is 24.2. The van der Waals surface area contributed by atoms with Gasteiger partial charge in [0.15, 0.2) is 9.84 Å². The molecule has 1 atom stereocenters. The van der Waals surface area contributed by atoms with Gasteiger partial charge in [-0.25, -0.2) is 8.42 Å². The van der Waals surface area contributed by atoms with Crippen molar-refractivity contribution in [3.05, 3.63) is 0 Å². The average molecular weight is 325 g/mol. The minimum atomic E-state index is -3.30. The molecule has 0 aromatic carbocycles. The van der Waals surface area contributed by atoms with Gasteiger partial charge < -0.3 is 11.1 Å². The molecule has 3 N–H and O–H groups in total. The standard InChI is InChI=1S/C13H24N2O3S.ClH/c1-13(9-14,10-6-7-10)15-12(16)8-19(17,18)11-4-2-3-5-11;/h10-11H,2-9,14H2,1H3,(H,15,16);1H. The lowest BCUT2D eigenvalue weighted by molar-refractivity contribution is -0.120. The van der Waals surface area contributed by atoms with Crippen molar-refractivity contribution in [3.63, 3.8) is 0 Å². The highest BCUT2D eigenvalue weighted by Crippen LogP contribution is 2.39. The third-order valence-corrected chi connectivity index (χ3v) is 6.62. The van der Waals surface area contributed by atoms with Crippen LogP contribution in [0, 0.1) is 5.92 Å². The number of amides is 1. The van der Waals surface area contributed by atoms with E-state index in [4.69, 9.17) is 5.73 Å². The largest absolute Gasteiger partial charge is 0.349 e. The molecular weight excluding hydrogens is 300 g/mol. The number of nitrogens with one attached hydrogen (secondary N) is 1. The first-order chi connectivity index (χ1) is 8.87. The normalized spacial score (nSPS) is 22.9. The van der Waals surface area contributed by atoms with Gasteiger partial charge in [-0.2, -0.15) is 0 Å². The van der Waals surface area contributed by atoms with Crippen molar-refractivity contribution in [3.8, 4) is 0 Å². The van der Waals surface area contributed by atoms with Crippen molar-refractivity contribution in [2.75, 3.05) is 12.3 Å². The highest BCUT2D eigenvalue weighted by atomic mass is 35.5. The van der Waals surface area contributed by atoms with E-state index in [0.29, 0.717) is 25.3 Å². The maximum absolute atomic E-state index is 12.1. The van der Waals surface area contributed by atoms with Gasteiger partial charge in [-0.15, -0.1) is 12.4 Å². The number of hydrogen-bond acceptors (Lipinski definition) is 4. The minimum Gasteiger partial charge on any atom is -0.349 e.